The third kappa shape index (κ3) is 3.24. The number of pyridine rings is 1. The molecule has 1 aliphatic rings. The molecule has 0 amide bonds. The van der Waals surface area contributed by atoms with Gasteiger partial charge in [0.25, 0.3) is 0 Å². The van der Waals surface area contributed by atoms with E-state index in [4.69, 9.17) is 0 Å². The summed E-state index contributed by atoms with van der Waals surface area (Å²) in [6.45, 7) is 4.02. The van der Waals surface area contributed by atoms with Crippen molar-refractivity contribution in [3.05, 3.63) is 65.0 Å². The molecule has 1 N–H and O–H groups in total. The van der Waals surface area contributed by atoms with Crippen LogP contribution < -0.4 is 5.32 Å². The van der Waals surface area contributed by atoms with Gasteiger partial charge in [-0.15, -0.1) is 0 Å². The van der Waals surface area contributed by atoms with E-state index in [2.05, 4.69) is 46.5 Å². The summed E-state index contributed by atoms with van der Waals surface area (Å²) in [6, 6.07) is 11.0. The van der Waals surface area contributed by atoms with E-state index in [1.807, 2.05) is 18.5 Å². The van der Waals surface area contributed by atoms with Crippen LogP contribution in [-0.4, -0.2) is 23.5 Å². The zero-order valence-corrected chi connectivity index (χ0v) is 12.0. The molecule has 0 unspecified atom stereocenters. The second-order valence-corrected chi connectivity index (χ2v) is 5.56. The molecule has 3 nitrogen and oxygen atoms in total. The lowest BCUT2D eigenvalue weighted by Gasteiger charge is -2.20. The standard InChI is InChI=1S/C17H21N3/c1-20(13-15-3-2-7-18-10-15)12-14-4-5-16-6-8-19-11-17(16)9-14/h2-5,7,9-10,19H,6,8,11-13H2,1H3. The summed E-state index contributed by atoms with van der Waals surface area (Å²) in [5.41, 5.74) is 5.61. The zero-order chi connectivity index (χ0) is 13.8. The van der Waals surface area contributed by atoms with Gasteiger partial charge in [0, 0.05) is 32.0 Å². The molecule has 0 bridgehead atoms. The number of rotatable bonds is 4. The lowest BCUT2D eigenvalue weighted by Crippen LogP contribution is -2.24. The van der Waals surface area contributed by atoms with Crippen molar-refractivity contribution in [1.82, 2.24) is 15.2 Å². The molecule has 2 heterocycles. The zero-order valence-electron chi connectivity index (χ0n) is 12.0. The molecule has 3 heteroatoms. The highest BCUT2D eigenvalue weighted by Gasteiger charge is 2.09. The molecule has 0 saturated carbocycles. The largest absolute Gasteiger partial charge is 0.312 e. The lowest BCUT2D eigenvalue weighted by molar-refractivity contribution is 0.318. The molecule has 0 atom stereocenters. The number of hydrogen-bond acceptors (Lipinski definition) is 3. The molecule has 0 aliphatic carbocycles. The van der Waals surface area contributed by atoms with Crippen LogP contribution in [0, 0.1) is 0 Å². The summed E-state index contributed by atoms with van der Waals surface area (Å²) in [6.07, 6.45) is 4.91. The van der Waals surface area contributed by atoms with Crippen LogP contribution in [0.25, 0.3) is 0 Å². The molecule has 1 aromatic heterocycles. The molecule has 0 saturated heterocycles. The summed E-state index contributed by atoms with van der Waals surface area (Å²) >= 11 is 0. The van der Waals surface area contributed by atoms with Crippen LogP contribution in [0.4, 0.5) is 0 Å². The van der Waals surface area contributed by atoms with Crippen molar-refractivity contribution in [2.45, 2.75) is 26.1 Å². The molecule has 1 aromatic carbocycles. The average Bonchev–Trinajstić information content (AvgIpc) is 2.48. The Kier molecular flexibility index (Phi) is 4.09. The van der Waals surface area contributed by atoms with E-state index >= 15 is 0 Å². The number of benzene rings is 1. The van der Waals surface area contributed by atoms with E-state index in [0.717, 1.165) is 32.6 Å². The Morgan fingerprint density at radius 3 is 2.90 bits per heavy atom. The number of fused-ring (bicyclic) bond motifs is 1. The maximum atomic E-state index is 4.17. The van der Waals surface area contributed by atoms with Gasteiger partial charge in [0.2, 0.25) is 0 Å². The SMILES string of the molecule is CN(Cc1cccnc1)Cc1ccc2c(c1)CNCC2. The Hall–Kier alpha value is -1.71. The van der Waals surface area contributed by atoms with Crippen LogP contribution in [0.2, 0.25) is 0 Å². The van der Waals surface area contributed by atoms with E-state index < -0.39 is 0 Å². The summed E-state index contributed by atoms with van der Waals surface area (Å²) < 4.78 is 0. The number of nitrogens with one attached hydrogen (secondary N) is 1. The van der Waals surface area contributed by atoms with Gasteiger partial charge in [-0.3, -0.25) is 9.88 Å². The number of hydrogen-bond donors (Lipinski definition) is 1. The summed E-state index contributed by atoms with van der Waals surface area (Å²) in [7, 11) is 2.16. The number of nitrogens with zero attached hydrogens (tertiary/aromatic N) is 2. The Balaban J connectivity index is 1.65. The highest BCUT2D eigenvalue weighted by Crippen LogP contribution is 2.17. The van der Waals surface area contributed by atoms with Crippen LogP contribution in [0.3, 0.4) is 0 Å². The molecule has 104 valence electrons. The van der Waals surface area contributed by atoms with Gasteiger partial charge in [-0.25, -0.2) is 0 Å². The van der Waals surface area contributed by atoms with E-state index in [9.17, 15) is 0 Å². The molecule has 0 spiro atoms. The first-order chi connectivity index (χ1) is 9.81. The summed E-state index contributed by atoms with van der Waals surface area (Å²) in [5.74, 6) is 0. The second kappa shape index (κ2) is 6.16. The fourth-order valence-corrected chi connectivity index (χ4v) is 2.80. The van der Waals surface area contributed by atoms with Crippen molar-refractivity contribution in [1.29, 1.82) is 0 Å². The smallest absolute Gasteiger partial charge is 0.0312 e. The predicted molar refractivity (Wildman–Crippen MR) is 81.3 cm³/mol. The van der Waals surface area contributed by atoms with Crippen molar-refractivity contribution < 1.29 is 0 Å². The van der Waals surface area contributed by atoms with Gasteiger partial charge in [0.05, 0.1) is 0 Å². The molecular formula is C17H21N3. The van der Waals surface area contributed by atoms with Crippen LogP contribution in [0.5, 0.6) is 0 Å². The van der Waals surface area contributed by atoms with Crippen molar-refractivity contribution in [3.63, 3.8) is 0 Å². The van der Waals surface area contributed by atoms with Gasteiger partial charge in [-0.05, 0) is 48.3 Å². The Morgan fingerprint density at radius 1 is 1.15 bits per heavy atom. The third-order valence-corrected chi connectivity index (χ3v) is 3.79. The fourth-order valence-electron chi connectivity index (χ4n) is 2.80. The first-order valence-electron chi connectivity index (χ1n) is 7.20. The van der Waals surface area contributed by atoms with Gasteiger partial charge < -0.3 is 5.32 Å². The van der Waals surface area contributed by atoms with E-state index in [1.165, 1.54) is 22.3 Å². The minimum atomic E-state index is 0.934. The van der Waals surface area contributed by atoms with E-state index in [-0.39, 0.29) is 0 Å². The van der Waals surface area contributed by atoms with E-state index in [1.54, 1.807) is 0 Å². The highest BCUT2D eigenvalue weighted by molar-refractivity contribution is 5.33. The maximum Gasteiger partial charge on any atom is 0.0312 e. The average molecular weight is 267 g/mol. The monoisotopic (exact) mass is 267 g/mol. The van der Waals surface area contributed by atoms with Crippen molar-refractivity contribution in [3.8, 4) is 0 Å². The fraction of sp³-hybridized carbons (Fsp3) is 0.353. The number of aromatic nitrogens is 1. The van der Waals surface area contributed by atoms with Gasteiger partial charge in [-0.1, -0.05) is 24.3 Å². The van der Waals surface area contributed by atoms with Crippen LogP contribution in [0.15, 0.2) is 42.7 Å². The molecule has 1 aliphatic heterocycles. The van der Waals surface area contributed by atoms with Crippen LogP contribution in [0.1, 0.15) is 22.3 Å². The van der Waals surface area contributed by atoms with Crippen LogP contribution >= 0.6 is 0 Å². The topological polar surface area (TPSA) is 28.2 Å². The first-order valence-corrected chi connectivity index (χ1v) is 7.20. The lowest BCUT2D eigenvalue weighted by atomic mass is 9.98. The summed E-state index contributed by atoms with van der Waals surface area (Å²) in [5, 5.41) is 3.44. The second-order valence-electron chi connectivity index (χ2n) is 5.56. The molecule has 2 aromatic rings. The minimum Gasteiger partial charge on any atom is -0.312 e. The Labute approximate surface area is 120 Å². The molecule has 0 radical (unpaired) electrons. The van der Waals surface area contributed by atoms with Gasteiger partial charge >= 0.3 is 0 Å². The summed E-state index contributed by atoms with van der Waals surface area (Å²) in [4.78, 5) is 6.50. The quantitative estimate of drug-likeness (QED) is 0.921. The highest BCUT2D eigenvalue weighted by atomic mass is 15.1. The van der Waals surface area contributed by atoms with Gasteiger partial charge in [-0.2, -0.15) is 0 Å². The van der Waals surface area contributed by atoms with Crippen molar-refractivity contribution in [2.75, 3.05) is 13.6 Å². The van der Waals surface area contributed by atoms with E-state index in [0.29, 0.717) is 0 Å². The Morgan fingerprint density at radius 2 is 2.05 bits per heavy atom. The minimum absolute atomic E-state index is 0.934. The van der Waals surface area contributed by atoms with Gasteiger partial charge in [0.15, 0.2) is 0 Å². The van der Waals surface area contributed by atoms with Gasteiger partial charge in [0.1, 0.15) is 0 Å². The normalized spacial score (nSPS) is 14.3. The molecule has 20 heavy (non-hydrogen) atoms. The molecule has 0 fully saturated rings. The molecular weight excluding hydrogens is 246 g/mol. The van der Waals surface area contributed by atoms with Crippen LogP contribution in [-0.2, 0) is 26.1 Å². The van der Waals surface area contributed by atoms with Crippen molar-refractivity contribution >= 4 is 0 Å². The van der Waals surface area contributed by atoms with Crippen molar-refractivity contribution in [2.24, 2.45) is 0 Å². The third-order valence-electron chi connectivity index (χ3n) is 3.79. The first kappa shape index (κ1) is 13.3. The molecule has 3 rings (SSSR count). The maximum absolute atomic E-state index is 4.17. The Bertz CT molecular complexity index is 566. The predicted octanol–water partition coefficient (Wildman–Crippen LogP) is 2.36.